The van der Waals surface area contributed by atoms with E-state index in [1.807, 2.05) is 20.8 Å². The quantitative estimate of drug-likeness (QED) is 0.542. The van der Waals surface area contributed by atoms with Crippen LogP contribution in [0.3, 0.4) is 0 Å². The smallest absolute Gasteiger partial charge is 0.330 e. The number of nitrogens with zero attached hydrogens (tertiary/aromatic N) is 1. The van der Waals surface area contributed by atoms with Crippen molar-refractivity contribution in [1.82, 2.24) is 4.90 Å². The minimum Gasteiger partial charge on any atom is -0.439 e. The molecule has 14 heavy (non-hydrogen) atoms. The van der Waals surface area contributed by atoms with Crippen LogP contribution in [-0.2, 0) is 14.3 Å². The summed E-state index contributed by atoms with van der Waals surface area (Å²) in [7, 11) is 0. The lowest BCUT2D eigenvalue weighted by molar-refractivity contribution is -0.151. The fraction of sp³-hybridized carbons (Fsp3) is 0.800. The molecular weight excluding hydrogens is 182 g/mol. The van der Waals surface area contributed by atoms with Crippen molar-refractivity contribution in [2.24, 2.45) is 5.41 Å². The number of fused-ring (bicyclic) bond motifs is 1. The lowest BCUT2D eigenvalue weighted by Crippen LogP contribution is -2.43. The first kappa shape index (κ1) is 9.49. The van der Waals surface area contributed by atoms with Gasteiger partial charge in [-0.15, -0.1) is 0 Å². The predicted molar refractivity (Wildman–Crippen MR) is 49.2 cm³/mol. The van der Waals surface area contributed by atoms with Gasteiger partial charge in [-0.2, -0.15) is 0 Å². The molecule has 0 saturated carbocycles. The molecule has 0 radical (unpaired) electrons. The summed E-state index contributed by atoms with van der Waals surface area (Å²) in [6.45, 7) is 5.91. The highest BCUT2D eigenvalue weighted by Crippen LogP contribution is 2.37. The molecule has 78 valence electrons. The molecule has 1 unspecified atom stereocenters. The Hall–Kier alpha value is -1.06. The van der Waals surface area contributed by atoms with E-state index >= 15 is 0 Å². The third-order valence-corrected chi connectivity index (χ3v) is 2.75. The third-order valence-electron chi connectivity index (χ3n) is 2.75. The SMILES string of the molecule is CC(C)(C)[C@H]1OC(=O)C2CCC(=O)N21. The molecule has 2 atom stereocenters. The van der Waals surface area contributed by atoms with Gasteiger partial charge < -0.3 is 4.74 Å². The Kier molecular flexibility index (Phi) is 1.84. The van der Waals surface area contributed by atoms with E-state index in [1.165, 1.54) is 0 Å². The van der Waals surface area contributed by atoms with Gasteiger partial charge in [0.1, 0.15) is 6.04 Å². The van der Waals surface area contributed by atoms with Crippen LogP contribution in [0.15, 0.2) is 0 Å². The lowest BCUT2D eigenvalue weighted by Gasteiger charge is -2.31. The van der Waals surface area contributed by atoms with Gasteiger partial charge in [0.2, 0.25) is 5.91 Å². The summed E-state index contributed by atoms with van der Waals surface area (Å²) >= 11 is 0. The Morgan fingerprint density at radius 1 is 1.36 bits per heavy atom. The van der Waals surface area contributed by atoms with E-state index in [9.17, 15) is 9.59 Å². The molecule has 0 aromatic carbocycles. The van der Waals surface area contributed by atoms with Gasteiger partial charge in [0, 0.05) is 11.8 Å². The lowest BCUT2D eigenvalue weighted by atomic mass is 9.93. The molecule has 4 heteroatoms. The van der Waals surface area contributed by atoms with Gasteiger partial charge in [0.05, 0.1) is 0 Å². The van der Waals surface area contributed by atoms with Gasteiger partial charge in [-0.25, -0.2) is 4.79 Å². The standard InChI is InChI=1S/C10H15NO3/c1-10(2,3)9-11-6(8(13)14-9)4-5-7(11)12/h6,9H,4-5H2,1-3H3/t6?,9-/m1/s1. The van der Waals surface area contributed by atoms with E-state index in [0.717, 1.165) is 0 Å². The zero-order chi connectivity index (χ0) is 10.5. The van der Waals surface area contributed by atoms with Gasteiger partial charge in [0.15, 0.2) is 6.23 Å². The molecule has 0 spiro atoms. The first-order valence-corrected chi connectivity index (χ1v) is 4.93. The Balaban J connectivity index is 2.29. The van der Waals surface area contributed by atoms with Crippen molar-refractivity contribution in [3.05, 3.63) is 0 Å². The predicted octanol–water partition coefficient (Wildman–Crippen LogP) is 0.906. The Bertz CT molecular complexity index is 290. The van der Waals surface area contributed by atoms with Crippen LogP contribution >= 0.6 is 0 Å². The van der Waals surface area contributed by atoms with Crippen LogP contribution in [0.4, 0.5) is 0 Å². The molecule has 0 bridgehead atoms. The summed E-state index contributed by atoms with van der Waals surface area (Å²) in [4.78, 5) is 24.6. The maximum atomic E-state index is 11.6. The summed E-state index contributed by atoms with van der Waals surface area (Å²) in [6, 6.07) is -0.313. The molecule has 2 fully saturated rings. The number of cyclic esters (lactones) is 1. The highest BCUT2D eigenvalue weighted by atomic mass is 16.6. The van der Waals surface area contributed by atoms with Crippen LogP contribution in [0.25, 0.3) is 0 Å². The van der Waals surface area contributed by atoms with Crippen LogP contribution in [0.2, 0.25) is 0 Å². The molecule has 2 aliphatic rings. The molecule has 0 N–H and O–H groups in total. The molecule has 2 heterocycles. The Morgan fingerprint density at radius 2 is 2.00 bits per heavy atom. The topological polar surface area (TPSA) is 46.6 Å². The number of esters is 1. The van der Waals surface area contributed by atoms with E-state index in [4.69, 9.17) is 4.74 Å². The minimum absolute atomic E-state index is 0.0424. The summed E-state index contributed by atoms with van der Waals surface area (Å²) in [5.41, 5.74) is -0.204. The first-order valence-electron chi connectivity index (χ1n) is 4.93. The fourth-order valence-corrected chi connectivity index (χ4v) is 2.07. The molecule has 0 aliphatic carbocycles. The zero-order valence-corrected chi connectivity index (χ0v) is 8.74. The van der Waals surface area contributed by atoms with Crippen molar-refractivity contribution in [1.29, 1.82) is 0 Å². The van der Waals surface area contributed by atoms with Crippen LogP contribution in [0.5, 0.6) is 0 Å². The van der Waals surface area contributed by atoms with Crippen LogP contribution in [0.1, 0.15) is 33.6 Å². The van der Waals surface area contributed by atoms with Gasteiger partial charge in [-0.05, 0) is 6.42 Å². The average Bonchev–Trinajstić information content (AvgIpc) is 2.54. The largest absolute Gasteiger partial charge is 0.439 e. The maximum absolute atomic E-state index is 11.6. The fourth-order valence-electron chi connectivity index (χ4n) is 2.07. The van der Waals surface area contributed by atoms with Crippen molar-refractivity contribution < 1.29 is 14.3 Å². The number of amides is 1. The second-order valence-electron chi connectivity index (χ2n) is 5.01. The third kappa shape index (κ3) is 1.21. The van der Waals surface area contributed by atoms with Gasteiger partial charge in [-0.3, -0.25) is 9.69 Å². The number of rotatable bonds is 0. The van der Waals surface area contributed by atoms with Crippen molar-refractivity contribution in [3.8, 4) is 0 Å². The van der Waals surface area contributed by atoms with Crippen molar-refractivity contribution in [2.75, 3.05) is 0 Å². The molecule has 0 aromatic heterocycles. The Morgan fingerprint density at radius 3 is 2.57 bits per heavy atom. The summed E-state index contributed by atoms with van der Waals surface area (Å²) in [5, 5.41) is 0. The number of hydrogen-bond acceptors (Lipinski definition) is 3. The van der Waals surface area contributed by atoms with Crippen LogP contribution in [-0.4, -0.2) is 29.0 Å². The van der Waals surface area contributed by atoms with Gasteiger partial charge >= 0.3 is 5.97 Å². The van der Waals surface area contributed by atoms with Gasteiger partial charge in [0.25, 0.3) is 0 Å². The van der Waals surface area contributed by atoms with Gasteiger partial charge in [-0.1, -0.05) is 20.8 Å². The van der Waals surface area contributed by atoms with E-state index in [2.05, 4.69) is 0 Å². The average molecular weight is 197 g/mol. The van der Waals surface area contributed by atoms with Crippen LogP contribution < -0.4 is 0 Å². The van der Waals surface area contributed by atoms with Crippen molar-refractivity contribution in [2.45, 2.75) is 45.9 Å². The first-order chi connectivity index (χ1) is 6.41. The summed E-state index contributed by atoms with van der Waals surface area (Å²) in [6.07, 6.45) is 0.714. The van der Waals surface area contributed by atoms with E-state index in [1.54, 1.807) is 4.90 Å². The van der Waals surface area contributed by atoms with Crippen molar-refractivity contribution >= 4 is 11.9 Å². The second kappa shape index (κ2) is 2.72. The summed E-state index contributed by atoms with van der Waals surface area (Å²) < 4.78 is 5.23. The Labute approximate surface area is 83.2 Å². The van der Waals surface area contributed by atoms with Crippen LogP contribution in [0, 0.1) is 5.41 Å². The molecule has 2 saturated heterocycles. The molecule has 1 amide bonds. The number of hydrogen-bond donors (Lipinski definition) is 0. The highest BCUT2D eigenvalue weighted by molar-refractivity contribution is 5.90. The van der Waals surface area contributed by atoms with E-state index in [0.29, 0.717) is 12.8 Å². The molecular formula is C10H15NO3. The van der Waals surface area contributed by atoms with E-state index < -0.39 is 0 Å². The van der Waals surface area contributed by atoms with Crippen molar-refractivity contribution in [3.63, 3.8) is 0 Å². The normalized spacial score (nSPS) is 32.1. The molecule has 2 aliphatic heterocycles. The monoisotopic (exact) mass is 197 g/mol. The molecule has 0 aromatic rings. The molecule has 4 nitrogen and oxygen atoms in total. The number of ether oxygens (including phenoxy) is 1. The number of carbonyl (C=O) groups is 2. The minimum atomic E-state index is -0.380. The second-order valence-corrected chi connectivity index (χ2v) is 5.01. The number of carbonyl (C=O) groups excluding carboxylic acids is 2. The highest BCUT2D eigenvalue weighted by Gasteiger charge is 2.52. The summed E-state index contributed by atoms with van der Waals surface area (Å²) in [5.74, 6) is -0.198. The maximum Gasteiger partial charge on any atom is 0.330 e. The van der Waals surface area contributed by atoms with E-state index in [-0.39, 0.29) is 29.6 Å². The molecule has 2 rings (SSSR count). The zero-order valence-electron chi connectivity index (χ0n) is 8.74.